The van der Waals surface area contributed by atoms with Gasteiger partial charge < -0.3 is 10.2 Å². The lowest BCUT2D eigenvalue weighted by molar-refractivity contribution is 0.0991. The van der Waals surface area contributed by atoms with Gasteiger partial charge in [0.15, 0.2) is 11.6 Å². The molecule has 0 saturated heterocycles. The minimum Gasteiger partial charge on any atom is -0.508 e. The highest BCUT2D eigenvalue weighted by Crippen LogP contribution is 2.32. The largest absolute Gasteiger partial charge is 0.508 e. The monoisotopic (exact) mass is 332 g/mol. The molecule has 3 rings (SSSR count). The lowest BCUT2D eigenvalue weighted by Crippen LogP contribution is -2.11. The molecule has 2 N–H and O–H groups in total. The third-order valence-electron chi connectivity index (χ3n) is 3.96. The fourth-order valence-corrected chi connectivity index (χ4v) is 2.68. The summed E-state index contributed by atoms with van der Waals surface area (Å²) in [6, 6.07) is 19.6. The second-order valence-electron chi connectivity index (χ2n) is 5.62. The van der Waals surface area contributed by atoms with Crippen LogP contribution >= 0.6 is 0 Å². The fraction of sp³-hybridized carbons (Fsp3) is 0.0476. The Morgan fingerprint density at radius 1 is 0.680 bits per heavy atom. The van der Waals surface area contributed by atoms with E-state index in [9.17, 15) is 19.8 Å². The van der Waals surface area contributed by atoms with Gasteiger partial charge in [-0.3, -0.25) is 9.59 Å². The molecule has 0 saturated carbocycles. The lowest BCUT2D eigenvalue weighted by Gasteiger charge is -2.12. The maximum absolute atomic E-state index is 12.8. The van der Waals surface area contributed by atoms with E-state index in [4.69, 9.17) is 0 Å². The third-order valence-corrected chi connectivity index (χ3v) is 3.96. The third kappa shape index (κ3) is 3.43. The van der Waals surface area contributed by atoms with Crippen LogP contribution in [0.15, 0.2) is 72.8 Å². The number of hydrogen-bond acceptors (Lipinski definition) is 4. The highest BCUT2D eigenvalue weighted by Gasteiger charge is 2.23. The van der Waals surface area contributed by atoms with E-state index in [2.05, 4.69) is 0 Å². The van der Waals surface area contributed by atoms with Gasteiger partial charge in [0.25, 0.3) is 0 Å². The number of hydrogen-bond donors (Lipinski definition) is 2. The van der Waals surface area contributed by atoms with Gasteiger partial charge in [0.1, 0.15) is 11.5 Å². The minimum absolute atomic E-state index is 0.0459. The summed E-state index contributed by atoms with van der Waals surface area (Å²) in [5, 5.41) is 20.4. The number of phenols is 2. The number of rotatable bonds is 5. The Hall–Kier alpha value is -3.40. The molecule has 25 heavy (non-hydrogen) atoms. The predicted molar refractivity (Wildman–Crippen MR) is 94.1 cm³/mol. The van der Waals surface area contributed by atoms with Gasteiger partial charge in [-0.2, -0.15) is 0 Å². The molecule has 0 aliphatic heterocycles. The Morgan fingerprint density at radius 2 is 1.20 bits per heavy atom. The molecule has 0 spiro atoms. The Morgan fingerprint density at radius 3 is 1.80 bits per heavy atom. The summed E-state index contributed by atoms with van der Waals surface area (Å²) in [5.74, 6) is -1.14. The molecule has 0 heterocycles. The molecule has 4 nitrogen and oxygen atoms in total. The minimum atomic E-state index is -0.440. The van der Waals surface area contributed by atoms with Crippen LogP contribution < -0.4 is 0 Å². The predicted octanol–water partition coefficient (Wildman–Crippen LogP) is 3.75. The van der Waals surface area contributed by atoms with Crippen molar-refractivity contribution in [3.63, 3.8) is 0 Å². The van der Waals surface area contributed by atoms with Crippen LogP contribution in [-0.2, 0) is 6.42 Å². The standard InChI is InChI=1S/C21H16O4/c22-17-11-12-18(23)20(21(25)15-9-5-2-6-10-15)16(17)13-19(24)14-7-3-1-4-8-14/h1-12,22-23H,13H2. The number of carbonyl (C=O) groups is 2. The van der Waals surface area contributed by atoms with Crippen molar-refractivity contribution < 1.29 is 19.8 Å². The number of phenolic OH excluding ortho intramolecular Hbond substituents is 2. The normalized spacial score (nSPS) is 10.4. The average molecular weight is 332 g/mol. The van der Waals surface area contributed by atoms with E-state index in [1.54, 1.807) is 60.7 Å². The van der Waals surface area contributed by atoms with Gasteiger partial charge in [0.05, 0.1) is 5.56 Å². The molecule has 0 radical (unpaired) electrons. The number of aromatic hydroxyl groups is 2. The van der Waals surface area contributed by atoms with Gasteiger partial charge >= 0.3 is 0 Å². The van der Waals surface area contributed by atoms with Crippen LogP contribution in [0.5, 0.6) is 11.5 Å². The molecule has 0 amide bonds. The average Bonchev–Trinajstić information content (AvgIpc) is 2.66. The Kier molecular flexibility index (Phi) is 4.61. The number of benzene rings is 3. The molecule has 0 aliphatic carbocycles. The summed E-state index contributed by atoms with van der Waals surface area (Å²) < 4.78 is 0. The summed E-state index contributed by atoms with van der Waals surface area (Å²) in [5.41, 5.74) is 0.929. The first-order valence-electron chi connectivity index (χ1n) is 7.79. The van der Waals surface area contributed by atoms with Crippen LogP contribution in [0.2, 0.25) is 0 Å². The van der Waals surface area contributed by atoms with Gasteiger partial charge in [0, 0.05) is 23.1 Å². The van der Waals surface area contributed by atoms with E-state index >= 15 is 0 Å². The summed E-state index contributed by atoms with van der Waals surface area (Å²) in [4.78, 5) is 25.3. The van der Waals surface area contributed by atoms with Crippen LogP contribution in [0.4, 0.5) is 0 Å². The van der Waals surface area contributed by atoms with E-state index in [1.165, 1.54) is 12.1 Å². The van der Waals surface area contributed by atoms with Crippen molar-refractivity contribution in [3.05, 3.63) is 95.1 Å². The topological polar surface area (TPSA) is 74.6 Å². The molecule has 0 aliphatic rings. The van der Waals surface area contributed by atoms with Crippen LogP contribution in [0.3, 0.4) is 0 Å². The molecule has 3 aromatic carbocycles. The Balaban J connectivity index is 2.03. The fourth-order valence-electron chi connectivity index (χ4n) is 2.68. The smallest absolute Gasteiger partial charge is 0.197 e. The second kappa shape index (κ2) is 7.01. The Bertz CT molecular complexity index is 915. The van der Waals surface area contributed by atoms with Crippen LogP contribution in [-0.4, -0.2) is 21.8 Å². The van der Waals surface area contributed by atoms with Gasteiger partial charge in [0.2, 0.25) is 0 Å². The molecule has 3 aromatic rings. The van der Waals surface area contributed by atoms with E-state index < -0.39 is 5.78 Å². The first-order chi connectivity index (χ1) is 12.1. The van der Waals surface area contributed by atoms with Gasteiger partial charge in [-0.25, -0.2) is 0 Å². The summed E-state index contributed by atoms with van der Waals surface area (Å²) >= 11 is 0. The first kappa shape index (κ1) is 16.5. The molecular weight excluding hydrogens is 316 g/mol. The molecule has 0 bridgehead atoms. The van der Waals surface area contributed by atoms with Crippen molar-refractivity contribution in [2.24, 2.45) is 0 Å². The molecule has 4 heteroatoms. The summed E-state index contributed by atoms with van der Waals surface area (Å²) in [6.45, 7) is 0. The molecule has 0 fully saturated rings. The van der Waals surface area contributed by atoms with Crippen molar-refractivity contribution in [1.29, 1.82) is 0 Å². The maximum atomic E-state index is 12.8. The lowest BCUT2D eigenvalue weighted by atomic mass is 9.92. The second-order valence-corrected chi connectivity index (χ2v) is 5.62. The highest BCUT2D eigenvalue weighted by atomic mass is 16.3. The van der Waals surface area contributed by atoms with E-state index in [0.29, 0.717) is 11.1 Å². The zero-order valence-electron chi connectivity index (χ0n) is 13.3. The Labute approximate surface area is 145 Å². The van der Waals surface area contributed by atoms with Crippen molar-refractivity contribution >= 4 is 11.6 Å². The van der Waals surface area contributed by atoms with Crippen molar-refractivity contribution in [1.82, 2.24) is 0 Å². The highest BCUT2D eigenvalue weighted by molar-refractivity contribution is 6.13. The first-order valence-corrected chi connectivity index (χ1v) is 7.79. The van der Waals surface area contributed by atoms with Gasteiger partial charge in [-0.15, -0.1) is 0 Å². The molecular formula is C21H16O4. The van der Waals surface area contributed by atoms with E-state index in [0.717, 1.165) is 0 Å². The summed E-state index contributed by atoms with van der Waals surface area (Å²) in [7, 11) is 0. The quantitative estimate of drug-likeness (QED) is 0.551. The molecule has 0 unspecified atom stereocenters. The van der Waals surface area contributed by atoms with Gasteiger partial charge in [-0.05, 0) is 12.1 Å². The van der Waals surface area contributed by atoms with Crippen LogP contribution in [0.1, 0.15) is 31.8 Å². The van der Waals surface area contributed by atoms with E-state index in [-0.39, 0.29) is 34.8 Å². The number of ketones is 2. The SMILES string of the molecule is O=C(Cc1c(O)ccc(O)c1C(=O)c1ccccc1)c1ccccc1. The van der Waals surface area contributed by atoms with Crippen molar-refractivity contribution in [3.8, 4) is 11.5 Å². The molecule has 0 aromatic heterocycles. The molecule has 124 valence electrons. The zero-order valence-corrected chi connectivity index (χ0v) is 13.3. The van der Waals surface area contributed by atoms with Crippen molar-refractivity contribution in [2.75, 3.05) is 0 Å². The zero-order chi connectivity index (χ0) is 17.8. The van der Waals surface area contributed by atoms with Crippen LogP contribution in [0.25, 0.3) is 0 Å². The van der Waals surface area contributed by atoms with Crippen molar-refractivity contribution in [2.45, 2.75) is 6.42 Å². The maximum Gasteiger partial charge on any atom is 0.197 e. The van der Waals surface area contributed by atoms with Gasteiger partial charge in [-0.1, -0.05) is 60.7 Å². The number of Topliss-reactive ketones (excluding diaryl/α,β-unsaturated/α-hetero) is 1. The van der Waals surface area contributed by atoms with Crippen LogP contribution in [0, 0.1) is 0 Å². The summed E-state index contributed by atoms with van der Waals surface area (Å²) in [6.07, 6.45) is -0.182. The molecule has 0 atom stereocenters. The number of carbonyl (C=O) groups excluding carboxylic acids is 2. The van der Waals surface area contributed by atoms with E-state index in [1.807, 2.05) is 0 Å².